The van der Waals surface area contributed by atoms with Crippen molar-refractivity contribution >= 4 is 23.5 Å². The third-order valence-electron chi connectivity index (χ3n) is 5.56. The van der Waals surface area contributed by atoms with Crippen molar-refractivity contribution in [3.05, 3.63) is 29.8 Å². The van der Waals surface area contributed by atoms with E-state index in [4.69, 9.17) is 4.74 Å². The predicted molar refractivity (Wildman–Crippen MR) is 82.7 cm³/mol. The number of carbonyl (C=O) groups is 3. The molecule has 0 radical (unpaired) electrons. The van der Waals surface area contributed by atoms with Gasteiger partial charge in [0.2, 0.25) is 11.8 Å². The summed E-state index contributed by atoms with van der Waals surface area (Å²) in [5.74, 6) is 0.00712. The van der Waals surface area contributed by atoms with Crippen LogP contribution in [0.25, 0.3) is 0 Å². The van der Waals surface area contributed by atoms with Crippen molar-refractivity contribution < 1.29 is 19.1 Å². The average molecular weight is 313 g/mol. The second-order valence-corrected chi connectivity index (χ2v) is 6.66. The highest BCUT2D eigenvalue weighted by Gasteiger charge is 2.61. The number of esters is 1. The van der Waals surface area contributed by atoms with Crippen molar-refractivity contribution in [2.75, 3.05) is 11.5 Å². The van der Waals surface area contributed by atoms with Crippen molar-refractivity contribution in [2.45, 2.75) is 26.2 Å². The highest BCUT2D eigenvalue weighted by molar-refractivity contribution is 6.22. The van der Waals surface area contributed by atoms with Crippen LogP contribution in [0.4, 0.5) is 5.69 Å². The normalized spacial score (nSPS) is 31.6. The fourth-order valence-electron chi connectivity index (χ4n) is 4.62. The van der Waals surface area contributed by atoms with E-state index >= 15 is 0 Å². The molecular formula is C18H19NO4. The Morgan fingerprint density at radius 3 is 2.17 bits per heavy atom. The van der Waals surface area contributed by atoms with Gasteiger partial charge in [0.25, 0.3) is 0 Å². The quantitative estimate of drug-likeness (QED) is 0.635. The van der Waals surface area contributed by atoms with Gasteiger partial charge in [-0.2, -0.15) is 0 Å². The fraction of sp³-hybridized carbons (Fsp3) is 0.500. The Morgan fingerprint density at radius 1 is 1.09 bits per heavy atom. The lowest BCUT2D eigenvalue weighted by molar-refractivity contribution is -0.123. The van der Waals surface area contributed by atoms with Crippen molar-refractivity contribution in [2.24, 2.45) is 23.7 Å². The number of amides is 2. The van der Waals surface area contributed by atoms with Gasteiger partial charge in [-0.25, -0.2) is 4.79 Å². The molecule has 1 heterocycles. The fourth-order valence-corrected chi connectivity index (χ4v) is 4.62. The lowest BCUT2D eigenvalue weighted by Gasteiger charge is -2.19. The zero-order chi connectivity index (χ0) is 16.1. The van der Waals surface area contributed by atoms with Crippen molar-refractivity contribution in [1.29, 1.82) is 0 Å². The first kappa shape index (κ1) is 14.4. The van der Waals surface area contributed by atoms with E-state index in [0.29, 0.717) is 29.7 Å². The number of anilines is 1. The zero-order valence-electron chi connectivity index (χ0n) is 13.0. The molecule has 2 saturated carbocycles. The number of fused-ring (bicyclic) bond motifs is 5. The number of rotatable bonds is 3. The molecule has 0 unspecified atom stereocenters. The standard InChI is InChI=1S/C18H19NO4/c1-2-23-18(22)10-5-7-13(8-6-10)19-16(20)14-11-3-4-12(9-11)15(14)17(19)21/h5-8,11-12,14-15H,2-4,9H2,1H3/t11-,12-,14-,15-/m0/s1. The Hall–Kier alpha value is -2.17. The third kappa shape index (κ3) is 2.02. The van der Waals surface area contributed by atoms with Crippen LogP contribution in [-0.4, -0.2) is 24.4 Å². The molecule has 3 fully saturated rings. The highest BCUT2D eigenvalue weighted by atomic mass is 16.5. The summed E-state index contributed by atoms with van der Waals surface area (Å²) in [6, 6.07) is 6.53. The number of imide groups is 1. The second-order valence-electron chi connectivity index (χ2n) is 6.66. The van der Waals surface area contributed by atoms with Crippen LogP contribution in [0.1, 0.15) is 36.5 Å². The second kappa shape index (κ2) is 5.18. The molecule has 1 aromatic rings. The first-order chi connectivity index (χ1) is 11.1. The molecule has 1 aliphatic heterocycles. The van der Waals surface area contributed by atoms with Crippen LogP contribution in [0.5, 0.6) is 0 Å². The summed E-state index contributed by atoms with van der Waals surface area (Å²) in [5.41, 5.74) is 0.983. The molecule has 0 N–H and O–H groups in total. The summed E-state index contributed by atoms with van der Waals surface area (Å²) in [6.45, 7) is 2.07. The van der Waals surface area contributed by atoms with Crippen LogP contribution in [0.2, 0.25) is 0 Å². The Morgan fingerprint density at radius 2 is 1.65 bits per heavy atom. The van der Waals surface area contributed by atoms with Gasteiger partial charge in [-0.1, -0.05) is 0 Å². The van der Waals surface area contributed by atoms with Gasteiger partial charge in [0.05, 0.1) is 29.7 Å². The summed E-state index contributed by atoms with van der Waals surface area (Å²) < 4.78 is 4.95. The van der Waals surface area contributed by atoms with Crippen LogP contribution >= 0.6 is 0 Å². The average Bonchev–Trinajstić information content (AvgIpc) is 3.22. The van der Waals surface area contributed by atoms with Gasteiger partial charge in [0.1, 0.15) is 0 Å². The zero-order valence-corrected chi connectivity index (χ0v) is 13.0. The van der Waals surface area contributed by atoms with Gasteiger partial charge in [0, 0.05) is 0 Å². The van der Waals surface area contributed by atoms with Gasteiger partial charge in [0.15, 0.2) is 0 Å². The van der Waals surface area contributed by atoms with Gasteiger partial charge < -0.3 is 4.74 Å². The summed E-state index contributed by atoms with van der Waals surface area (Å²) in [7, 11) is 0. The third-order valence-corrected chi connectivity index (χ3v) is 5.56. The van der Waals surface area contributed by atoms with E-state index in [0.717, 1.165) is 19.3 Å². The topological polar surface area (TPSA) is 63.7 Å². The summed E-state index contributed by atoms with van der Waals surface area (Å²) in [4.78, 5) is 38.5. The molecule has 1 saturated heterocycles. The minimum atomic E-state index is -0.395. The van der Waals surface area contributed by atoms with Crippen LogP contribution in [0.3, 0.4) is 0 Å². The van der Waals surface area contributed by atoms with Gasteiger partial charge in [-0.3, -0.25) is 14.5 Å². The molecular weight excluding hydrogens is 294 g/mol. The van der Waals surface area contributed by atoms with E-state index in [1.165, 1.54) is 4.90 Å². The summed E-state index contributed by atoms with van der Waals surface area (Å²) in [6.07, 6.45) is 3.17. The van der Waals surface area contributed by atoms with E-state index < -0.39 is 5.97 Å². The number of ether oxygens (including phenoxy) is 1. The Labute approximate surface area is 134 Å². The molecule has 2 aliphatic carbocycles. The highest BCUT2D eigenvalue weighted by Crippen LogP contribution is 2.56. The number of hydrogen-bond acceptors (Lipinski definition) is 4. The molecule has 5 heteroatoms. The molecule has 0 spiro atoms. The number of benzene rings is 1. The monoisotopic (exact) mass is 313 g/mol. The van der Waals surface area contributed by atoms with Crippen LogP contribution in [0.15, 0.2) is 24.3 Å². The molecule has 4 rings (SSSR count). The van der Waals surface area contributed by atoms with Crippen molar-refractivity contribution in [1.82, 2.24) is 0 Å². The van der Waals surface area contributed by atoms with Crippen LogP contribution in [0, 0.1) is 23.7 Å². The maximum Gasteiger partial charge on any atom is 0.338 e. The predicted octanol–water partition coefficient (Wildman–Crippen LogP) is 2.40. The molecule has 3 aliphatic rings. The molecule has 4 atom stereocenters. The molecule has 23 heavy (non-hydrogen) atoms. The van der Waals surface area contributed by atoms with E-state index in [1.807, 2.05) is 0 Å². The Balaban J connectivity index is 1.60. The van der Waals surface area contributed by atoms with Gasteiger partial charge in [-0.05, 0) is 62.3 Å². The molecule has 0 aromatic heterocycles. The summed E-state index contributed by atoms with van der Waals surface area (Å²) >= 11 is 0. The minimum absolute atomic E-state index is 0.0592. The van der Waals surface area contributed by atoms with Gasteiger partial charge >= 0.3 is 5.97 Å². The smallest absolute Gasteiger partial charge is 0.338 e. The number of hydrogen-bond donors (Lipinski definition) is 0. The lowest BCUT2D eigenvalue weighted by Crippen LogP contribution is -2.32. The molecule has 5 nitrogen and oxygen atoms in total. The first-order valence-electron chi connectivity index (χ1n) is 8.26. The number of carbonyl (C=O) groups excluding carboxylic acids is 3. The summed E-state index contributed by atoms with van der Waals surface area (Å²) in [5, 5.41) is 0. The maximum absolute atomic E-state index is 12.7. The van der Waals surface area contributed by atoms with Crippen molar-refractivity contribution in [3.8, 4) is 0 Å². The largest absolute Gasteiger partial charge is 0.462 e. The molecule has 2 bridgehead atoms. The molecule has 1 aromatic carbocycles. The van der Waals surface area contributed by atoms with Gasteiger partial charge in [-0.15, -0.1) is 0 Å². The van der Waals surface area contributed by atoms with Crippen LogP contribution in [-0.2, 0) is 14.3 Å². The first-order valence-corrected chi connectivity index (χ1v) is 8.26. The Bertz CT molecular complexity index is 653. The number of nitrogens with zero attached hydrogens (tertiary/aromatic N) is 1. The molecule has 120 valence electrons. The SMILES string of the molecule is CCOC(=O)c1ccc(N2C(=O)[C@H]3[C@H]4CC[C@@H](C4)[C@@H]3C2=O)cc1. The van der Waals surface area contributed by atoms with Crippen LogP contribution < -0.4 is 4.90 Å². The van der Waals surface area contributed by atoms with Crippen molar-refractivity contribution in [3.63, 3.8) is 0 Å². The van der Waals surface area contributed by atoms with E-state index in [9.17, 15) is 14.4 Å². The Kier molecular flexibility index (Phi) is 3.25. The van der Waals surface area contributed by atoms with E-state index in [2.05, 4.69) is 0 Å². The van der Waals surface area contributed by atoms with E-state index in [1.54, 1.807) is 31.2 Å². The van der Waals surface area contributed by atoms with E-state index in [-0.39, 0.29) is 23.7 Å². The minimum Gasteiger partial charge on any atom is -0.462 e. The lowest BCUT2D eigenvalue weighted by atomic mass is 9.81. The molecule has 2 amide bonds. The maximum atomic E-state index is 12.7.